The molecule has 4 aromatic heterocycles. The Bertz CT molecular complexity index is 1710. The Morgan fingerprint density at radius 1 is 1.25 bits per heavy atom. The number of likely N-dealkylation sites (tertiary alicyclic amines) is 1. The van der Waals surface area contributed by atoms with Gasteiger partial charge in [-0.15, -0.1) is 16.4 Å². The molecule has 5 heterocycles. The molecule has 0 aromatic carbocycles. The number of nitriles is 1. The molecular formula is C27H31N9O2S2. The van der Waals surface area contributed by atoms with Gasteiger partial charge in [0.05, 0.1) is 27.8 Å². The zero-order valence-corrected chi connectivity index (χ0v) is 24.4. The summed E-state index contributed by atoms with van der Waals surface area (Å²) in [6, 6.07) is 2.71. The van der Waals surface area contributed by atoms with E-state index in [0.717, 1.165) is 74.8 Å². The van der Waals surface area contributed by atoms with Crippen molar-refractivity contribution in [3.05, 3.63) is 27.3 Å². The predicted octanol–water partition coefficient (Wildman–Crippen LogP) is 3.74. The highest BCUT2D eigenvalue weighted by Crippen LogP contribution is 2.55. The van der Waals surface area contributed by atoms with Crippen LogP contribution in [0.5, 0.6) is 0 Å². The molecule has 13 heteroatoms. The van der Waals surface area contributed by atoms with Gasteiger partial charge in [-0.3, -0.25) is 4.21 Å². The molecule has 0 saturated carbocycles. The molecule has 2 aliphatic carbocycles. The Morgan fingerprint density at radius 2 is 2.05 bits per heavy atom. The number of aryl methyl sites for hydroxylation is 1. The number of hydrogen-bond donors (Lipinski definition) is 1. The maximum Gasteiger partial charge on any atom is 0.185 e. The quantitative estimate of drug-likeness (QED) is 0.355. The number of rotatable bonds is 4. The number of nitrogens with zero attached hydrogens (tertiary/aromatic N) is 8. The normalized spacial score (nSPS) is 24.2. The van der Waals surface area contributed by atoms with Crippen LogP contribution in [-0.4, -0.2) is 65.1 Å². The van der Waals surface area contributed by atoms with E-state index in [4.69, 9.17) is 20.2 Å². The van der Waals surface area contributed by atoms with E-state index >= 15 is 0 Å². The highest BCUT2D eigenvalue weighted by atomic mass is 32.2. The highest BCUT2D eigenvalue weighted by molar-refractivity contribution is 7.84. The minimum Gasteiger partial charge on any atom is -0.389 e. The van der Waals surface area contributed by atoms with Gasteiger partial charge in [0, 0.05) is 22.7 Å². The van der Waals surface area contributed by atoms with Crippen LogP contribution >= 0.6 is 11.3 Å². The van der Waals surface area contributed by atoms with E-state index < -0.39 is 16.2 Å². The van der Waals surface area contributed by atoms with Crippen molar-refractivity contribution in [2.45, 2.75) is 80.8 Å². The molecular weight excluding hydrogens is 546 g/mol. The summed E-state index contributed by atoms with van der Waals surface area (Å²) >= 11 is 1.52. The van der Waals surface area contributed by atoms with Crippen molar-refractivity contribution >= 4 is 38.3 Å². The Kier molecular flexibility index (Phi) is 6.07. The van der Waals surface area contributed by atoms with E-state index in [1.165, 1.54) is 16.2 Å². The van der Waals surface area contributed by atoms with Crippen LogP contribution in [0.3, 0.4) is 0 Å². The van der Waals surface area contributed by atoms with Crippen LogP contribution in [0, 0.1) is 11.3 Å². The molecule has 0 radical (unpaired) electrons. The molecule has 1 unspecified atom stereocenters. The molecule has 1 spiro atoms. The topological polar surface area (TPSA) is 153 Å². The zero-order valence-electron chi connectivity index (χ0n) is 22.8. The molecule has 1 saturated heterocycles. The molecule has 1 aliphatic heterocycles. The van der Waals surface area contributed by atoms with E-state index in [1.807, 2.05) is 4.68 Å². The molecule has 3 aliphatic rings. The Hall–Kier alpha value is -3.21. The first-order valence-electron chi connectivity index (χ1n) is 13.8. The summed E-state index contributed by atoms with van der Waals surface area (Å²) in [6.45, 7) is 3.18. The number of hydrogen-bond acceptors (Lipinski definition) is 11. The van der Waals surface area contributed by atoms with Gasteiger partial charge in [-0.2, -0.15) is 5.26 Å². The lowest BCUT2D eigenvalue weighted by molar-refractivity contribution is 0.230. The van der Waals surface area contributed by atoms with Crippen LogP contribution in [0.2, 0.25) is 0 Å². The van der Waals surface area contributed by atoms with Crippen molar-refractivity contribution < 1.29 is 8.73 Å². The second-order valence-electron chi connectivity index (χ2n) is 11.3. The summed E-state index contributed by atoms with van der Waals surface area (Å²) in [6.07, 6.45) is 9.15. The van der Waals surface area contributed by atoms with Gasteiger partial charge in [-0.1, -0.05) is 10.4 Å². The Morgan fingerprint density at radius 3 is 2.77 bits per heavy atom. The van der Waals surface area contributed by atoms with Crippen LogP contribution in [0.4, 0.5) is 5.00 Å². The maximum absolute atomic E-state index is 12.9. The smallest absolute Gasteiger partial charge is 0.185 e. The van der Waals surface area contributed by atoms with Crippen LogP contribution in [-0.2, 0) is 29.1 Å². The fourth-order valence-corrected chi connectivity index (χ4v) is 9.09. The van der Waals surface area contributed by atoms with Crippen molar-refractivity contribution in [2.75, 3.05) is 25.6 Å². The summed E-state index contributed by atoms with van der Waals surface area (Å²) in [5.41, 5.74) is 10.0. The summed E-state index contributed by atoms with van der Waals surface area (Å²) < 4.78 is 20.9. The van der Waals surface area contributed by atoms with Crippen LogP contribution < -0.4 is 5.73 Å². The second kappa shape index (κ2) is 9.43. The molecule has 0 bridgehead atoms. The minimum absolute atomic E-state index is 0.0296. The van der Waals surface area contributed by atoms with Gasteiger partial charge in [0.1, 0.15) is 11.1 Å². The van der Waals surface area contributed by atoms with Gasteiger partial charge in [-0.25, -0.2) is 14.6 Å². The van der Waals surface area contributed by atoms with Gasteiger partial charge in [0.15, 0.2) is 33.5 Å². The summed E-state index contributed by atoms with van der Waals surface area (Å²) in [5, 5.41) is 24.3. The molecule has 11 nitrogen and oxygen atoms in total. The average Bonchev–Trinajstić information content (AvgIpc) is 3.72. The molecule has 4 atom stereocenters. The zero-order chi connectivity index (χ0) is 27.8. The number of nitrogens with two attached hydrogens (primary N) is 1. The minimum atomic E-state index is -1.41. The lowest BCUT2D eigenvalue weighted by atomic mass is 9.63. The molecule has 7 rings (SSSR count). The Labute approximate surface area is 238 Å². The van der Waals surface area contributed by atoms with Crippen molar-refractivity contribution in [1.82, 2.24) is 35.0 Å². The van der Waals surface area contributed by atoms with Crippen molar-refractivity contribution in [2.24, 2.45) is 0 Å². The standard InChI is InChI=1S/C27H31N9O2S2/c1-14(17-8-6-12-35(17)2)36-25-21(32-34-36)26(40(3)37)31-24(30-25)20-15-7-4-10-27(22(15)38-33-20)11-5-9-18-19(27)16(13-28)23(29)39-18/h14,17H,4-12,29H2,1-3H3/t14-,17-,27-,40?/m0/s1. The van der Waals surface area contributed by atoms with Crippen LogP contribution in [0.1, 0.15) is 78.8 Å². The maximum atomic E-state index is 12.9. The highest BCUT2D eigenvalue weighted by Gasteiger charge is 2.49. The third kappa shape index (κ3) is 3.62. The number of aromatic nitrogens is 6. The van der Waals surface area contributed by atoms with E-state index in [2.05, 4.69) is 40.4 Å². The summed E-state index contributed by atoms with van der Waals surface area (Å²) in [5.74, 6) is 1.16. The van der Waals surface area contributed by atoms with Gasteiger partial charge >= 0.3 is 0 Å². The number of fused-ring (bicyclic) bond motifs is 5. The molecule has 0 amide bonds. The van der Waals surface area contributed by atoms with Crippen molar-refractivity contribution in [3.63, 3.8) is 0 Å². The van der Waals surface area contributed by atoms with Gasteiger partial charge in [0.25, 0.3) is 0 Å². The van der Waals surface area contributed by atoms with E-state index in [-0.39, 0.29) is 6.04 Å². The lowest BCUT2D eigenvalue weighted by Gasteiger charge is -2.39. The van der Waals surface area contributed by atoms with Gasteiger partial charge in [-0.05, 0) is 77.4 Å². The van der Waals surface area contributed by atoms with E-state index in [1.54, 1.807) is 6.26 Å². The fraction of sp³-hybridized carbons (Fsp3) is 0.556. The average molecular weight is 578 g/mol. The monoisotopic (exact) mass is 577 g/mol. The van der Waals surface area contributed by atoms with Crippen molar-refractivity contribution in [1.29, 1.82) is 5.26 Å². The number of thiophene rings is 1. The van der Waals surface area contributed by atoms with Crippen LogP contribution in [0.15, 0.2) is 9.55 Å². The first-order valence-corrected chi connectivity index (χ1v) is 16.2. The van der Waals surface area contributed by atoms with Gasteiger partial charge in [0.2, 0.25) is 0 Å². The number of likely N-dealkylation sites (N-methyl/N-ethyl adjacent to an activating group) is 1. The second-order valence-corrected chi connectivity index (χ2v) is 13.8. The first-order chi connectivity index (χ1) is 19.3. The largest absolute Gasteiger partial charge is 0.389 e. The number of anilines is 1. The Balaban J connectivity index is 1.39. The molecule has 2 N–H and O–H groups in total. The van der Waals surface area contributed by atoms with Crippen molar-refractivity contribution in [3.8, 4) is 17.6 Å². The van der Waals surface area contributed by atoms with Crippen LogP contribution in [0.25, 0.3) is 22.7 Å². The molecule has 1 fully saturated rings. The SMILES string of the molecule is C[C@@H]([C@@H]1CCCN1C)n1nnc2c(S(C)=O)nc(-c3noc4c3CCC[C@@]43CCCc4sc(N)c(C#N)c43)nc21. The molecule has 208 valence electrons. The predicted molar refractivity (Wildman–Crippen MR) is 151 cm³/mol. The first kappa shape index (κ1) is 25.7. The fourth-order valence-electron chi connectivity index (χ4n) is 7.31. The lowest BCUT2D eigenvalue weighted by Crippen LogP contribution is -2.35. The van der Waals surface area contributed by atoms with E-state index in [9.17, 15) is 9.47 Å². The third-order valence-corrected chi connectivity index (χ3v) is 11.1. The van der Waals surface area contributed by atoms with E-state index in [0.29, 0.717) is 44.3 Å². The number of nitrogen functional groups attached to an aromatic ring is 1. The molecule has 40 heavy (non-hydrogen) atoms. The third-order valence-electron chi connectivity index (χ3n) is 9.15. The molecule has 4 aromatic rings. The summed E-state index contributed by atoms with van der Waals surface area (Å²) in [7, 11) is 0.720. The van der Waals surface area contributed by atoms with Gasteiger partial charge < -0.3 is 15.2 Å². The summed E-state index contributed by atoms with van der Waals surface area (Å²) in [4.78, 5) is 13.2.